The highest BCUT2D eigenvalue weighted by molar-refractivity contribution is 5.32. The van der Waals surface area contributed by atoms with E-state index in [1.165, 1.54) is 0 Å². The largest absolute Gasteiger partial charge is 0.496 e. The van der Waals surface area contributed by atoms with Gasteiger partial charge in [-0.3, -0.25) is 0 Å². The summed E-state index contributed by atoms with van der Waals surface area (Å²) in [6.45, 7) is 1.90. The van der Waals surface area contributed by atoms with Crippen molar-refractivity contribution >= 4 is 0 Å². The average Bonchev–Trinajstić information content (AvgIpc) is 2.19. The van der Waals surface area contributed by atoms with Crippen molar-refractivity contribution in [3.05, 3.63) is 29.8 Å². The minimum absolute atomic E-state index is 0.412. The molecule has 0 aliphatic heterocycles. The smallest absolute Gasteiger partial charge is 0.156 e. The first-order valence-electron chi connectivity index (χ1n) is 4.35. The second-order valence-corrected chi connectivity index (χ2v) is 2.74. The summed E-state index contributed by atoms with van der Waals surface area (Å²) in [6, 6.07) is 7.90. The van der Waals surface area contributed by atoms with Crippen molar-refractivity contribution in [2.24, 2.45) is 0 Å². The Morgan fingerprint density at radius 2 is 2.15 bits per heavy atom. The maximum Gasteiger partial charge on any atom is 0.156 e. The third-order valence-electron chi connectivity index (χ3n) is 1.81. The fourth-order valence-corrected chi connectivity index (χ4v) is 1.16. The molecule has 0 atom stereocenters. The Labute approximate surface area is 78.3 Å². The van der Waals surface area contributed by atoms with Gasteiger partial charge in [0.25, 0.3) is 0 Å². The SMILES string of the molecule is COc1ccccc1CNCC[OH2+]. The first kappa shape index (κ1) is 10.0. The quantitative estimate of drug-likeness (QED) is 0.532. The molecule has 0 spiro atoms. The van der Waals surface area contributed by atoms with Crippen LogP contribution in [-0.4, -0.2) is 25.4 Å². The number of para-hydroxylation sites is 1. The summed E-state index contributed by atoms with van der Waals surface area (Å²) in [5, 5.41) is 10.1. The van der Waals surface area contributed by atoms with E-state index in [1.807, 2.05) is 24.3 Å². The molecule has 0 saturated carbocycles. The van der Waals surface area contributed by atoms with Crippen molar-refractivity contribution < 1.29 is 9.84 Å². The van der Waals surface area contributed by atoms with Crippen molar-refractivity contribution in [2.45, 2.75) is 6.54 Å². The van der Waals surface area contributed by atoms with Gasteiger partial charge < -0.3 is 15.2 Å². The summed E-state index contributed by atoms with van der Waals surface area (Å²) in [6.07, 6.45) is 0. The Hall–Kier alpha value is -1.06. The molecule has 13 heavy (non-hydrogen) atoms. The number of nitrogens with one attached hydrogen (secondary N) is 1. The van der Waals surface area contributed by atoms with Gasteiger partial charge in [0.2, 0.25) is 0 Å². The van der Waals surface area contributed by atoms with Crippen LogP contribution in [0.3, 0.4) is 0 Å². The Kier molecular flexibility index (Phi) is 4.29. The summed E-state index contributed by atoms with van der Waals surface area (Å²) in [5.74, 6) is 0.903. The van der Waals surface area contributed by atoms with Gasteiger partial charge in [-0.25, -0.2) is 0 Å². The first-order valence-corrected chi connectivity index (χ1v) is 4.35. The van der Waals surface area contributed by atoms with Gasteiger partial charge in [0.15, 0.2) is 6.61 Å². The first-order chi connectivity index (χ1) is 6.38. The molecule has 1 aromatic carbocycles. The van der Waals surface area contributed by atoms with Crippen LogP contribution in [0.15, 0.2) is 24.3 Å². The van der Waals surface area contributed by atoms with E-state index in [-0.39, 0.29) is 0 Å². The monoisotopic (exact) mass is 182 g/mol. The molecule has 0 heterocycles. The maximum atomic E-state index is 6.97. The highest BCUT2D eigenvalue weighted by Gasteiger charge is 1.99. The third-order valence-corrected chi connectivity index (χ3v) is 1.81. The minimum atomic E-state index is 0.412. The molecule has 1 rings (SSSR count). The molecule has 0 unspecified atom stereocenters. The molecule has 0 aromatic heterocycles. The average molecular weight is 182 g/mol. The Morgan fingerprint density at radius 1 is 1.38 bits per heavy atom. The number of methoxy groups -OCH3 is 1. The van der Waals surface area contributed by atoms with Crippen LogP contribution >= 0.6 is 0 Å². The van der Waals surface area contributed by atoms with E-state index < -0.39 is 0 Å². The lowest BCUT2D eigenvalue weighted by Crippen LogP contribution is -2.17. The van der Waals surface area contributed by atoms with E-state index >= 15 is 0 Å². The van der Waals surface area contributed by atoms with E-state index in [2.05, 4.69) is 5.32 Å². The van der Waals surface area contributed by atoms with Gasteiger partial charge in [0, 0.05) is 12.1 Å². The highest BCUT2D eigenvalue weighted by Crippen LogP contribution is 2.16. The van der Waals surface area contributed by atoms with E-state index in [0.29, 0.717) is 6.61 Å². The van der Waals surface area contributed by atoms with Gasteiger partial charge in [-0.2, -0.15) is 0 Å². The second kappa shape index (κ2) is 5.56. The van der Waals surface area contributed by atoms with E-state index in [4.69, 9.17) is 9.84 Å². The van der Waals surface area contributed by atoms with Crippen molar-refractivity contribution in [3.63, 3.8) is 0 Å². The van der Waals surface area contributed by atoms with Crippen molar-refractivity contribution in [1.29, 1.82) is 0 Å². The maximum absolute atomic E-state index is 6.97. The lowest BCUT2D eigenvalue weighted by Gasteiger charge is -2.07. The lowest BCUT2D eigenvalue weighted by atomic mass is 10.2. The topological polar surface area (TPSA) is 44.2 Å². The zero-order valence-corrected chi connectivity index (χ0v) is 7.84. The Bertz CT molecular complexity index is 250. The molecule has 0 saturated heterocycles. The van der Waals surface area contributed by atoms with Crippen LogP contribution in [0, 0.1) is 0 Å². The second-order valence-electron chi connectivity index (χ2n) is 2.74. The van der Waals surface area contributed by atoms with Crippen LogP contribution < -0.4 is 10.1 Å². The molecule has 0 aliphatic carbocycles. The molecule has 0 radical (unpaired) electrons. The van der Waals surface area contributed by atoms with Gasteiger partial charge in [-0.1, -0.05) is 18.2 Å². The van der Waals surface area contributed by atoms with Crippen LogP contribution in [-0.2, 0) is 6.54 Å². The van der Waals surface area contributed by atoms with Crippen molar-refractivity contribution in [3.8, 4) is 5.75 Å². The summed E-state index contributed by atoms with van der Waals surface area (Å²) >= 11 is 0. The standard InChI is InChI=1S/C10H15NO2/c1-13-10-5-3-2-4-9(10)8-11-6-7-12/h2-5,11-12H,6-8H2,1H3/p+1. The number of hydrogen-bond acceptors (Lipinski definition) is 2. The number of rotatable bonds is 5. The minimum Gasteiger partial charge on any atom is -0.496 e. The summed E-state index contributed by atoms with van der Waals surface area (Å²) in [5.41, 5.74) is 1.14. The third kappa shape index (κ3) is 3.05. The molecule has 0 aliphatic rings. The van der Waals surface area contributed by atoms with Crippen LogP contribution in [0.4, 0.5) is 0 Å². The molecule has 0 fully saturated rings. The molecule has 72 valence electrons. The molecule has 3 heteroatoms. The zero-order chi connectivity index (χ0) is 9.52. The lowest BCUT2D eigenvalue weighted by molar-refractivity contribution is 0.291. The normalized spacial score (nSPS) is 10.0. The molecular weight excluding hydrogens is 166 g/mol. The Balaban J connectivity index is 2.54. The van der Waals surface area contributed by atoms with Gasteiger partial charge >= 0.3 is 0 Å². The van der Waals surface area contributed by atoms with Crippen LogP contribution in [0.1, 0.15) is 5.56 Å². The predicted octanol–water partition coefficient (Wildman–Crippen LogP) is 0.509. The fraction of sp³-hybridized carbons (Fsp3) is 0.400. The van der Waals surface area contributed by atoms with Crippen LogP contribution in [0.2, 0.25) is 0 Å². The molecule has 0 amide bonds. The predicted molar refractivity (Wildman–Crippen MR) is 53.2 cm³/mol. The molecule has 1 aromatic rings. The van der Waals surface area contributed by atoms with E-state index in [9.17, 15) is 0 Å². The van der Waals surface area contributed by atoms with Crippen molar-refractivity contribution in [1.82, 2.24) is 5.32 Å². The molecule has 3 N–H and O–H groups in total. The van der Waals surface area contributed by atoms with Crippen molar-refractivity contribution in [2.75, 3.05) is 20.3 Å². The number of ether oxygens (including phenoxy) is 1. The molecular formula is C10H16NO2+. The summed E-state index contributed by atoms with van der Waals surface area (Å²) < 4.78 is 5.19. The van der Waals surface area contributed by atoms with Gasteiger partial charge in [-0.15, -0.1) is 0 Å². The Morgan fingerprint density at radius 3 is 2.85 bits per heavy atom. The highest BCUT2D eigenvalue weighted by atomic mass is 16.5. The van der Waals surface area contributed by atoms with Crippen LogP contribution in [0.25, 0.3) is 0 Å². The summed E-state index contributed by atoms with van der Waals surface area (Å²) in [7, 11) is 1.67. The zero-order valence-electron chi connectivity index (χ0n) is 7.84. The van der Waals surface area contributed by atoms with Gasteiger partial charge in [0.1, 0.15) is 5.75 Å². The van der Waals surface area contributed by atoms with Gasteiger partial charge in [-0.05, 0) is 6.07 Å². The van der Waals surface area contributed by atoms with E-state index in [1.54, 1.807) is 7.11 Å². The van der Waals surface area contributed by atoms with E-state index in [0.717, 1.165) is 24.4 Å². The molecule has 0 bridgehead atoms. The van der Waals surface area contributed by atoms with Crippen LogP contribution in [0.5, 0.6) is 5.75 Å². The molecule has 3 nitrogen and oxygen atoms in total. The number of benzene rings is 1. The summed E-state index contributed by atoms with van der Waals surface area (Å²) in [4.78, 5) is 0. The van der Waals surface area contributed by atoms with Gasteiger partial charge in [0.05, 0.1) is 13.7 Å². The number of hydrogen-bond donors (Lipinski definition) is 1. The fourth-order valence-electron chi connectivity index (χ4n) is 1.16.